The first-order valence-electron chi connectivity index (χ1n) is 6.60. The molecule has 0 radical (unpaired) electrons. The lowest BCUT2D eigenvalue weighted by Gasteiger charge is -2.56. The Labute approximate surface area is 98.1 Å². The van der Waals surface area contributed by atoms with Gasteiger partial charge in [-0.2, -0.15) is 0 Å². The van der Waals surface area contributed by atoms with Gasteiger partial charge in [0.05, 0.1) is 24.9 Å². The zero-order valence-corrected chi connectivity index (χ0v) is 10.5. The highest BCUT2D eigenvalue weighted by Gasteiger charge is 2.53. The molecule has 2 heterocycles. The first kappa shape index (κ1) is 11.0. The summed E-state index contributed by atoms with van der Waals surface area (Å²) in [5, 5.41) is 0. The molecule has 0 amide bonds. The van der Waals surface area contributed by atoms with Crippen LogP contribution in [0.15, 0.2) is 0 Å². The summed E-state index contributed by atoms with van der Waals surface area (Å²) in [4.78, 5) is 2.55. The van der Waals surface area contributed by atoms with E-state index in [1.165, 1.54) is 25.8 Å². The third-order valence-corrected chi connectivity index (χ3v) is 4.23. The van der Waals surface area contributed by atoms with Crippen LogP contribution < -0.4 is 0 Å². The van der Waals surface area contributed by atoms with E-state index in [9.17, 15) is 0 Å². The van der Waals surface area contributed by atoms with E-state index >= 15 is 0 Å². The van der Waals surface area contributed by atoms with Crippen molar-refractivity contribution >= 4 is 0 Å². The average Bonchev–Trinajstić information content (AvgIpc) is 2.85. The maximum atomic E-state index is 5.77. The molecule has 0 aromatic rings. The smallest absolute Gasteiger partial charge is 0.0956 e. The molecule has 92 valence electrons. The summed E-state index contributed by atoms with van der Waals surface area (Å²) >= 11 is 0. The molecule has 16 heavy (non-hydrogen) atoms. The molecule has 1 saturated carbocycles. The standard InChI is InChI=1S/C13H23NO2/c1-11(2)15-10-12(3-4-12)7-14-8-13(9-14)5-6-16-13/h11H,3-10H2,1-2H3. The molecule has 0 atom stereocenters. The summed E-state index contributed by atoms with van der Waals surface area (Å²) in [6.07, 6.45) is 4.35. The molecule has 2 saturated heterocycles. The molecular weight excluding hydrogens is 202 g/mol. The van der Waals surface area contributed by atoms with Crippen LogP contribution in [0.5, 0.6) is 0 Å². The normalized spacial score (nSPS) is 30.2. The van der Waals surface area contributed by atoms with Crippen LogP contribution in [0.1, 0.15) is 33.1 Å². The van der Waals surface area contributed by atoms with Gasteiger partial charge >= 0.3 is 0 Å². The first-order chi connectivity index (χ1) is 7.62. The van der Waals surface area contributed by atoms with Gasteiger partial charge < -0.3 is 9.47 Å². The number of nitrogens with zero attached hydrogens (tertiary/aromatic N) is 1. The summed E-state index contributed by atoms with van der Waals surface area (Å²) in [5.41, 5.74) is 0.782. The minimum absolute atomic E-state index is 0.287. The van der Waals surface area contributed by atoms with E-state index in [4.69, 9.17) is 9.47 Å². The van der Waals surface area contributed by atoms with Crippen molar-refractivity contribution in [2.75, 3.05) is 32.8 Å². The number of hydrogen-bond donors (Lipinski definition) is 0. The zero-order chi connectivity index (χ0) is 11.2. The van der Waals surface area contributed by atoms with Crippen molar-refractivity contribution in [2.45, 2.75) is 44.8 Å². The maximum Gasteiger partial charge on any atom is 0.0956 e. The lowest BCUT2D eigenvalue weighted by atomic mass is 9.85. The molecule has 3 nitrogen and oxygen atoms in total. The predicted octanol–water partition coefficient (Wildman–Crippen LogP) is 1.67. The number of ether oxygens (including phenoxy) is 2. The van der Waals surface area contributed by atoms with Crippen LogP contribution in [0.2, 0.25) is 0 Å². The Balaban J connectivity index is 1.41. The molecule has 3 heteroatoms. The van der Waals surface area contributed by atoms with E-state index in [1.54, 1.807) is 0 Å². The Morgan fingerprint density at radius 1 is 1.25 bits per heavy atom. The fourth-order valence-corrected chi connectivity index (χ4v) is 2.86. The maximum absolute atomic E-state index is 5.77. The third-order valence-electron chi connectivity index (χ3n) is 4.23. The van der Waals surface area contributed by atoms with E-state index < -0.39 is 0 Å². The second-order valence-corrected chi connectivity index (χ2v) is 6.29. The molecule has 1 aliphatic carbocycles. The molecule has 0 aromatic carbocycles. The highest BCUT2D eigenvalue weighted by atomic mass is 16.5. The van der Waals surface area contributed by atoms with Crippen molar-refractivity contribution in [1.82, 2.24) is 4.90 Å². The monoisotopic (exact) mass is 225 g/mol. The summed E-state index contributed by atoms with van der Waals surface area (Å²) in [7, 11) is 0. The van der Waals surface area contributed by atoms with Gasteiger partial charge in [-0.25, -0.2) is 0 Å². The van der Waals surface area contributed by atoms with E-state index in [0.29, 0.717) is 11.5 Å². The molecule has 3 aliphatic rings. The molecule has 1 spiro atoms. The quantitative estimate of drug-likeness (QED) is 0.710. The van der Waals surface area contributed by atoms with Crippen LogP contribution in [-0.2, 0) is 9.47 Å². The third kappa shape index (κ3) is 2.01. The number of likely N-dealkylation sites (tertiary alicyclic amines) is 1. The van der Waals surface area contributed by atoms with Crippen LogP contribution in [0.4, 0.5) is 0 Å². The average molecular weight is 225 g/mol. The topological polar surface area (TPSA) is 21.7 Å². The van der Waals surface area contributed by atoms with Gasteiger partial charge in [0.15, 0.2) is 0 Å². The van der Waals surface area contributed by atoms with Crippen LogP contribution in [0, 0.1) is 5.41 Å². The molecular formula is C13H23NO2. The lowest BCUT2D eigenvalue weighted by molar-refractivity contribution is -0.224. The fraction of sp³-hybridized carbons (Fsp3) is 1.00. The van der Waals surface area contributed by atoms with Gasteiger partial charge in [0.2, 0.25) is 0 Å². The van der Waals surface area contributed by atoms with Crippen molar-refractivity contribution in [1.29, 1.82) is 0 Å². The summed E-state index contributed by atoms with van der Waals surface area (Å²) < 4.78 is 11.4. The van der Waals surface area contributed by atoms with Crippen LogP contribution in [0.3, 0.4) is 0 Å². The molecule has 2 aliphatic heterocycles. The first-order valence-corrected chi connectivity index (χ1v) is 6.60. The van der Waals surface area contributed by atoms with Crippen LogP contribution >= 0.6 is 0 Å². The molecule has 0 N–H and O–H groups in total. The van der Waals surface area contributed by atoms with Gasteiger partial charge in [0, 0.05) is 31.5 Å². The zero-order valence-electron chi connectivity index (χ0n) is 10.5. The molecule has 0 unspecified atom stereocenters. The molecule has 0 bridgehead atoms. The Bertz CT molecular complexity index is 261. The Kier molecular flexibility index (Phi) is 2.54. The van der Waals surface area contributed by atoms with Crippen molar-refractivity contribution in [3.05, 3.63) is 0 Å². The van der Waals surface area contributed by atoms with Gasteiger partial charge in [-0.3, -0.25) is 4.90 Å². The number of rotatable bonds is 5. The SMILES string of the molecule is CC(C)OCC1(CN2CC3(CCO3)C2)CC1. The van der Waals surface area contributed by atoms with Crippen molar-refractivity contribution in [3.8, 4) is 0 Å². The Hall–Kier alpha value is -0.120. The summed E-state index contributed by atoms with van der Waals surface area (Å²) in [5.74, 6) is 0. The van der Waals surface area contributed by atoms with E-state index in [-0.39, 0.29) is 5.60 Å². The molecule has 0 aromatic heterocycles. The summed E-state index contributed by atoms with van der Waals surface area (Å²) in [6, 6.07) is 0. The Morgan fingerprint density at radius 3 is 2.38 bits per heavy atom. The highest BCUT2D eigenvalue weighted by molar-refractivity contribution is 5.05. The largest absolute Gasteiger partial charge is 0.378 e. The minimum Gasteiger partial charge on any atom is -0.378 e. The lowest BCUT2D eigenvalue weighted by Crippen LogP contribution is -2.68. The fourth-order valence-electron chi connectivity index (χ4n) is 2.86. The van der Waals surface area contributed by atoms with E-state index in [0.717, 1.165) is 26.3 Å². The van der Waals surface area contributed by atoms with Crippen LogP contribution in [-0.4, -0.2) is 49.5 Å². The van der Waals surface area contributed by atoms with Gasteiger partial charge in [0.25, 0.3) is 0 Å². The van der Waals surface area contributed by atoms with E-state index in [2.05, 4.69) is 18.7 Å². The van der Waals surface area contributed by atoms with E-state index in [1.807, 2.05) is 0 Å². The number of hydrogen-bond acceptors (Lipinski definition) is 3. The van der Waals surface area contributed by atoms with Gasteiger partial charge in [-0.15, -0.1) is 0 Å². The molecule has 3 fully saturated rings. The minimum atomic E-state index is 0.287. The van der Waals surface area contributed by atoms with Gasteiger partial charge in [0.1, 0.15) is 0 Å². The Morgan fingerprint density at radius 2 is 1.94 bits per heavy atom. The second-order valence-electron chi connectivity index (χ2n) is 6.29. The van der Waals surface area contributed by atoms with Crippen molar-refractivity contribution in [3.63, 3.8) is 0 Å². The van der Waals surface area contributed by atoms with Crippen molar-refractivity contribution in [2.24, 2.45) is 5.41 Å². The predicted molar refractivity (Wildman–Crippen MR) is 62.5 cm³/mol. The summed E-state index contributed by atoms with van der Waals surface area (Å²) in [6.45, 7) is 9.73. The highest BCUT2D eigenvalue weighted by Crippen LogP contribution is 2.49. The second kappa shape index (κ2) is 3.69. The van der Waals surface area contributed by atoms with Crippen molar-refractivity contribution < 1.29 is 9.47 Å². The molecule has 3 rings (SSSR count). The van der Waals surface area contributed by atoms with Gasteiger partial charge in [-0.05, 0) is 26.7 Å². The van der Waals surface area contributed by atoms with Gasteiger partial charge in [-0.1, -0.05) is 0 Å². The van der Waals surface area contributed by atoms with Crippen LogP contribution in [0.25, 0.3) is 0 Å².